The normalized spacial score (nSPS) is 17.1. The van der Waals surface area contributed by atoms with E-state index in [9.17, 15) is 18.0 Å². The molecule has 0 spiro atoms. The fourth-order valence-corrected chi connectivity index (χ4v) is 3.75. The van der Waals surface area contributed by atoms with Crippen molar-refractivity contribution in [3.05, 3.63) is 60.0 Å². The molecule has 1 aliphatic rings. The van der Waals surface area contributed by atoms with Crippen LogP contribution >= 0.6 is 0 Å². The van der Waals surface area contributed by atoms with Crippen molar-refractivity contribution < 1.29 is 18.0 Å². The number of hydrogen-bond donors (Lipinski definition) is 1. The van der Waals surface area contributed by atoms with Crippen LogP contribution in [0.5, 0.6) is 0 Å². The number of carbonyl (C=O) groups is 1. The van der Waals surface area contributed by atoms with Gasteiger partial charge in [-0.2, -0.15) is 13.2 Å². The van der Waals surface area contributed by atoms with Crippen LogP contribution in [0.4, 0.5) is 18.9 Å². The molecule has 2 aromatic heterocycles. The Kier molecular flexibility index (Phi) is 4.94. The summed E-state index contributed by atoms with van der Waals surface area (Å²) in [6.07, 6.45) is 0.749. The number of nitrogens with one attached hydrogen (secondary N) is 1. The SMILES string of the molecule is Cn1ccc2ccc(CC(=O)N[C@@H]3CCN(c4cncc(C(F)(F)F)c4)C3)cc21. The molecule has 3 heterocycles. The molecule has 29 heavy (non-hydrogen) atoms. The van der Waals surface area contributed by atoms with E-state index >= 15 is 0 Å². The molecule has 4 rings (SSSR count). The number of benzene rings is 1. The number of aromatic nitrogens is 2. The number of rotatable bonds is 4. The maximum Gasteiger partial charge on any atom is 0.417 e. The van der Waals surface area contributed by atoms with Crippen molar-refractivity contribution in [3.8, 4) is 0 Å². The average Bonchev–Trinajstić information content (AvgIpc) is 3.28. The van der Waals surface area contributed by atoms with Gasteiger partial charge in [-0.25, -0.2) is 0 Å². The molecule has 0 aliphatic carbocycles. The second kappa shape index (κ2) is 7.42. The van der Waals surface area contributed by atoms with Crippen molar-refractivity contribution in [3.63, 3.8) is 0 Å². The summed E-state index contributed by atoms with van der Waals surface area (Å²) in [4.78, 5) is 18.0. The number of anilines is 1. The first-order valence-electron chi connectivity index (χ1n) is 9.40. The van der Waals surface area contributed by atoms with Crippen LogP contribution in [0.3, 0.4) is 0 Å². The van der Waals surface area contributed by atoms with Gasteiger partial charge in [-0.3, -0.25) is 9.78 Å². The minimum absolute atomic E-state index is 0.0902. The van der Waals surface area contributed by atoms with Gasteiger partial charge in [-0.1, -0.05) is 12.1 Å². The molecule has 0 bridgehead atoms. The molecule has 8 heteroatoms. The number of aryl methyl sites for hydroxylation is 1. The first kappa shape index (κ1) is 19.3. The molecule has 152 valence electrons. The summed E-state index contributed by atoms with van der Waals surface area (Å²) >= 11 is 0. The van der Waals surface area contributed by atoms with Crippen molar-refractivity contribution in [1.82, 2.24) is 14.9 Å². The van der Waals surface area contributed by atoms with Gasteiger partial charge < -0.3 is 14.8 Å². The smallest absolute Gasteiger partial charge is 0.368 e. The minimum Gasteiger partial charge on any atom is -0.368 e. The van der Waals surface area contributed by atoms with Gasteiger partial charge in [0.25, 0.3) is 0 Å². The molecule has 0 radical (unpaired) electrons. The Balaban J connectivity index is 1.37. The number of hydrogen-bond acceptors (Lipinski definition) is 3. The van der Waals surface area contributed by atoms with Gasteiger partial charge in [0.1, 0.15) is 0 Å². The third-order valence-electron chi connectivity index (χ3n) is 5.29. The van der Waals surface area contributed by atoms with Gasteiger partial charge in [-0.05, 0) is 35.6 Å². The van der Waals surface area contributed by atoms with Crippen LogP contribution < -0.4 is 10.2 Å². The summed E-state index contributed by atoms with van der Waals surface area (Å²) in [5.74, 6) is -0.0902. The monoisotopic (exact) mass is 402 g/mol. The van der Waals surface area contributed by atoms with E-state index in [1.807, 2.05) is 47.0 Å². The third-order valence-corrected chi connectivity index (χ3v) is 5.29. The van der Waals surface area contributed by atoms with Crippen LogP contribution in [0.25, 0.3) is 10.9 Å². The Bertz CT molecular complexity index is 1040. The van der Waals surface area contributed by atoms with E-state index in [-0.39, 0.29) is 18.4 Å². The molecule has 0 unspecified atom stereocenters. The molecule has 5 nitrogen and oxygen atoms in total. The van der Waals surface area contributed by atoms with E-state index in [0.29, 0.717) is 25.2 Å². The number of pyridine rings is 1. The zero-order chi connectivity index (χ0) is 20.6. The molecule has 0 saturated carbocycles. The number of carbonyl (C=O) groups excluding carboxylic acids is 1. The predicted octanol–water partition coefficient (Wildman–Crippen LogP) is 3.53. The maximum absolute atomic E-state index is 12.9. The van der Waals surface area contributed by atoms with Crippen LogP contribution in [0, 0.1) is 0 Å². The highest BCUT2D eigenvalue weighted by molar-refractivity contribution is 5.84. The molecule has 1 aromatic carbocycles. The van der Waals surface area contributed by atoms with Gasteiger partial charge in [0.05, 0.1) is 23.9 Å². The molecule has 1 saturated heterocycles. The number of fused-ring (bicyclic) bond motifs is 1. The van der Waals surface area contributed by atoms with E-state index in [0.717, 1.165) is 28.7 Å². The highest BCUT2D eigenvalue weighted by Crippen LogP contribution is 2.31. The van der Waals surface area contributed by atoms with Crippen LogP contribution in [0.2, 0.25) is 0 Å². The molecule has 1 amide bonds. The number of halogens is 3. The van der Waals surface area contributed by atoms with Gasteiger partial charge >= 0.3 is 6.18 Å². The fraction of sp³-hybridized carbons (Fsp3) is 0.333. The topological polar surface area (TPSA) is 50.2 Å². The molecule has 1 N–H and O–H groups in total. The van der Waals surface area contributed by atoms with Crippen LogP contribution in [0.1, 0.15) is 17.5 Å². The highest BCUT2D eigenvalue weighted by atomic mass is 19.4. The van der Waals surface area contributed by atoms with Crippen molar-refractivity contribution in [2.45, 2.75) is 25.1 Å². The first-order valence-corrected chi connectivity index (χ1v) is 9.40. The van der Waals surface area contributed by atoms with Crippen LogP contribution in [-0.2, 0) is 24.4 Å². The summed E-state index contributed by atoms with van der Waals surface area (Å²) in [6.45, 7) is 1.04. The molecule has 3 aromatic rings. The quantitative estimate of drug-likeness (QED) is 0.727. The summed E-state index contributed by atoms with van der Waals surface area (Å²) in [5.41, 5.74) is 1.65. The van der Waals surface area contributed by atoms with Gasteiger partial charge in [0.15, 0.2) is 0 Å². The van der Waals surface area contributed by atoms with E-state index in [4.69, 9.17) is 0 Å². The second-order valence-electron chi connectivity index (χ2n) is 7.43. The molecule has 1 atom stereocenters. The molecular formula is C21H21F3N4O. The lowest BCUT2D eigenvalue weighted by molar-refractivity contribution is -0.137. The molecule has 1 aliphatic heterocycles. The van der Waals surface area contributed by atoms with E-state index in [2.05, 4.69) is 10.3 Å². The molecule has 1 fully saturated rings. The Morgan fingerprint density at radius 1 is 1.24 bits per heavy atom. The first-order chi connectivity index (χ1) is 13.8. The molecular weight excluding hydrogens is 381 g/mol. The Morgan fingerprint density at radius 3 is 2.86 bits per heavy atom. The van der Waals surface area contributed by atoms with E-state index in [1.165, 1.54) is 6.20 Å². The number of amides is 1. The fourth-order valence-electron chi connectivity index (χ4n) is 3.75. The second-order valence-corrected chi connectivity index (χ2v) is 7.43. The lowest BCUT2D eigenvalue weighted by Gasteiger charge is -2.20. The Labute approximate surface area is 166 Å². The van der Waals surface area contributed by atoms with Crippen molar-refractivity contribution in [1.29, 1.82) is 0 Å². The Hall–Kier alpha value is -3.03. The van der Waals surface area contributed by atoms with Crippen LogP contribution in [-0.4, -0.2) is 34.6 Å². The zero-order valence-electron chi connectivity index (χ0n) is 15.9. The van der Waals surface area contributed by atoms with Crippen LogP contribution in [0.15, 0.2) is 48.9 Å². The summed E-state index contributed by atoms with van der Waals surface area (Å²) in [6, 6.07) is 8.97. The van der Waals surface area contributed by atoms with Gasteiger partial charge in [0.2, 0.25) is 5.91 Å². The minimum atomic E-state index is -4.42. The van der Waals surface area contributed by atoms with Gasteiger partial charge in [-0.15, -0.1) is 0 Å². The standard InChI is InChI=1S/C21H21F3N4O/c1-27-6-4-15-3-2-14(8-19(15)27)9-20(29)26-17-5-7-28(13-17)18-10-16(11-25-12-18)21(22,23)24/h2-4,6,8,10-12,17H,5,7,9,13H2,1H3,(H,26,29)/t17-/m1/s1. The van der Waals surface area contributed by atoms with E-state index < -0.39 is 11.7 Å². The zero-order valence-corrected chi connectivity index (χ0v) is 15.9. The van der Waals surface area contributed by atoms with E-state index in [1.54, 1.807) is 0 Å². The average molecular weight is 402 g/mol. The van der Waals surface area contributed by atoms with Crippen molar-refractivity contribution >= 4 is 22.5 Å². The van der Waals surface area contributed by atoms with Crippen molar-refractivity contribution in [2.75, 3.05) is 18.0 Å². The van der Waals surface area contributed by atoms with Crippen molar-refractivity contribution in [2.24, 2.45) is 7.05 Å². The highest BCUT2D eigenvalue weighted by Gasteiger charge is 2.32. The summed E-state index contributed by atoms with van der Waals surface area (Å²) < 4.78 is 40.7. The predicted molar refractivity (Wildman–Crippen MR) is 105 cm³/mol. The van der Waals surface area contributed by atoms with Gasteiger partial charge in [0, 0.05) is 44.1 Å². The lowest BCUT2D eigenvalue weighted by atomic mass is 10.1. The largest absolute Gasteiger partial charge is 0.417 e. The number of alkyl halides is 3. The number of nitrogens with zero attached hydrogens (tertiary/aromatic N) is 3. The third kappa shape index (κ3) is 4.21. The Morgan fingerprint density at radius 2 is 2.07 bits per heavy atom. The summed E-state index contributed by atoms with van der Waals surface area (Å²) in [5, 5.41) is 4.12. The summed E-state index contributed by atoms with van der Waals surface area (Å²) in [7, 11) is 1.96. The maximum atomic E-state index is 12.9. The lowest BCUT2D eigenvalue weighted by Crippen LogP contribution is -2.38.